The van der Waals surface area contributed by atoms with Crippen molar-refractivity contribution >= 4 is 0 Å². The molecule has 0 aliphatic rings. The van der Waals surface area contributed by atoms with Crippen LogP contribution in [-0.4, -0.2) is 13.6 Å². The van der Waals surface area contributed by atoms with Crippen LogP contribution in [0.25, 0.3) is 0 Å². The van der Waals surface area contributed by atoms with Gasteiger partial charge in [0, 0.05) is 0 Å². The lowest BCUT2D eigenvalue weighted by Crippen LogP contribution is -2.07. The molecule has 0 spiro atoms. The van der Waals surface area contributed by atoms with E-state index in [-0.39, 0.29) is 0 Å². The second-order valence-corrected chi connectivity index (χ2v) is 3.20. The highest BCUT2D eigenvalue weighted by Crippen LogP contribution is 2.08. The molecule has 0 aliphatic heterocycles. The lowest BCUT2D eigenvalue weighted by molar-refractivity contribution is 0.568. The van der Waals surface area contributed by atoms with Gasteiger partial charge in [0.2, 0.25) is 0 Å². The molecule has 12 heavy (non-hydrogen) atoms. The zero-order valence-electron chi connectivity index (χ0n) is 8.34. The van der Waals surface area contributed by atoms with Gasteiger partial charge in [0.1, 0.15) is 0 Å². The highest BCUT2D eigenvalue weighted by Gasteiger charge is 1.95. The van der Waals surface area contributed by atoms with Crippen LogP contribution in [0, 0.1) is 5.92 Å². The molecule has 1 heteroatoms. The Bertz CT molecular complexity index is 127. The first kappa shape index (κ1) is 11.4. The van der Waals surface area contributed by atoms with Gasteiger partial charge in [0.25, 0.3) is 0 Å². The summed E-state index contributed by atoms with van der Waals surface area (Å²) in [5.74, 6) is 0.694. The number of unbranched alkanes of at least 4 members (excludes halogenated alkanes) is 1. The van der Waals surface area contributed by atoms with E-state index in [4.69, 9.17) is 0 Å². The fourth-order valence-electron chi connectivity index (χ4n) is 1.13. The zero-order valence-corrected chi connectivity index (χ0v) is 8.34. The Labute approximate surface area is 76.6 Å². The van der Waals surface area contributed by atoms with E-state index >= 15 is 0 Å². The van der Waals surface area contributed by atoms with Crippen molar-refractivity contribution in [3.63, 3.8) is 0 Å². The molecular weight excluding hydrogens is 146 g/mol. The largest absolute Gasteiger partial charge is 0.320 e. The van der Waals surface area contributed by atoms with Gasteiger partial charge in [0.15, 0.2) is 0 Å². The minimum absolute atomic E-state index is 0.694. The molecule has 1 atom stereocenters. The van der Waals surface area contributed by atoms with Gasteiger partial charge in [0.05, 0.1) is 0 Å². The molecule has 0 rings (SSSR count). The summed E-state index contributed by atoms with van der Waals surface area (Å²) in [7, 11) is 2.00. The summed E-state index contributed by atoms with van der Waals surface area (Å²) < 4.78 is 0. The van der Waals surface area contributed by atoms with Gasteiger partial charge in [-0.15, -0.1) is 0 Å². The average molecular weight is 167 g/mol. The molecule has 0 heterocycles. The van der Waals surface area contributed by atoms with Crippen molar-refractivity contribution in [1.29, 1.82) is 0 Å². The molecule has 0 fully saturated rings. The van der Waals surface area contributed by atoms with Crippen LogP contribution in [0.5, 0.6) is 0 Å². The second-order valence-electron chi connectivity index (χ2n) is 3.20. The molecule has 0 aromatic rings. The molecule has 1 N–H and O–H groups in total. The Morgan fingerprint density at radius 3 is 2.75 bits per heavy atom. The summed E-state index contributed by atoms with van der Waals surface area (Å²) >= 11 is 0. The summed E-state index contributed by atoms with van der Waals surface area (Å²) in [5, 5.41) is 3.15. The maximum Gasteiger partial charge on any atom is -0.00519 e. The molecule has 0 aliphatic carbocycles. The molecule has 0 radical (unpaired) electrons. The van der Waals surface area contributed by atoms with E-state index in [1.165, 1.54) is 19.3 Å². The predicted octanol–water partition coefficient (Wildman–Crippen LogP) is 2.75. The number of allylic oxidation sites excluding steroid dienone is 3. The first-order chi connectivity index (χ1) is 5.81. The number of hydrogen-bond donors (Lipinski definition) is 1. The van der Waals surface area contributed by atoms with E-state index in [0.717, 1.165) is 6.54 Å². The molecule has 0 saturated heterocycles. The van der Waals surface area contributed by atoms with E-state index in [1.807, 2.05) is 19.2 Å². The van der Waals surface area contributed by atoms with Gasteiger partial charge in [-0.3, -0.25) is 0 Å². The Morgan fingerprint density at radius 1 is 1.42 bits per heavy atom. The minimum Gasteiger partial charge on any atom is -0.320 e. The quantitative estimate of drug-likeness (QED) is 0.454. The molecule has 0 saturated carbocycles. The topological polar surface area (TPSA) is 12.0 Å². The lowest BCUT2D eigenvalue weighted by Gasteiger charge is -2.04. The fraction of sp³-hybridized carbons (Fsp3) is 0.636. The maximum atomic E-state index is 3.65. The third-order valence-electron chi connectivity index (χ3n) is 1.91. The van der Waals surface area contributed by atoms with E-state index in [0.29, 0.717) is 5.92 Å². The SMILES string of the molecule is C=CC=CC(C)CCCCNC. The Morgan fingerprint density at radius 2 is 2.17 bits per heavy atom. The summed E-state index contributed by atoms with van der Waals surface area (Å²) in [4.78, 5) is 0. The van der Waals surface area contributed by atoms with Crippen molar-refractivity contribution in [2.45, 2.75) is 26.2 Å². The second kappa shape index (κ2) is 8.54. The molecule has 0 aromatic heterocycles. The number of hydrogen-bond acceptors (Lipinski definition) is 1. The van der Waals surface area contributed by atoms with Gasteiger partial charge in [-0.2, -0.15) is 0 Å². The van der Waals surface area contributed by atoms with Crippen LogP contribution in [0.3, 0.4) is 0 Å². The van der Waals surface area contributed by atoms with Gasteiger partial charge in [-0.05, 0) is 32.4 Å². The molecule has 0 amide bonds. The monoisotopic (exact) mass is 167 g/mol. The Hall–Kier alpha value is -0.560. The van der Waals surface area contributed by atoms with Crippen LogP contribution >= 0.6 is 0 Å². The average Bonchev–Trinajstić information content (AvgIpc) is 2.09. The Kier molecular flexibility index (Phi) is 8.14. The van der Waals surface area contributed by atoms with Gasteiger partial charge < -0.3 is 5.32 Å². The predicted molar refractivity (Wildman–Crippen MR) is 56.3 cm³/mol. The first-order valence-electron chi connectivity index (χ1n) is 4.75. The van der Waals surface area contributed by atoms with E-state index in [1.54, 1.807) is 0 Å². The summed E-state index contributed by atoms with van der Waals surface area (Å²) in [6.45, 7) is 7.03. The van der Waals surface area contributed by atoms with Crippen molar-refractivity contribution < 1.29 is 0 Å². The minimum atomic E-state index is 0.694. The van der Waals surface area contributed by atoms with Crippen LogP contribution in [0.15, 0.2) is 24.8 Å². The first-order valence-corrected chi connectivity index (χ1v) is 4.75. The van der Waals surface area contributed by atoms with Crippen LogP contribution in [0.4, 0.5) is 0 Å². The third kappa shape index (κ3) is 7.55. The highest BCUT2D eigenvalue weighted by atomic mass is 14.8. The van der Waals surface area contributed by atoms with E-state index < -0.39 is 0 Å². The van der Waals surface area contributed by atoms with E-state index in [2.05, 4.69) is 24.9 Å². The van der Waals surface area contributed by atoms with Crippen molar-refractivity contribution in [1.82, 2.24) is 5.32 Å². The van der Waals surface area contributed by atoms with Gasteiger partial charge in [-0.1, -0.05) is 38.2 Å². The van der Waals surface area contributed by atoms with Crippen LogP contribution in [-0.2, 0) is 0 Å². The smallest absolute Gasteiger partial charge is 0.00519 e. The summed E-state index contributed by atoms with van der Waals surface area (Å²) in [5.41, 5.74) is 0. The van der Waals surface area contributed by atoms with Gasteiger partial charge in [-0.25, -0.2) is 0 Å². The Balaban J connectivity index is 3.24. The van der Waals surface area contributed by atoms with Crippen LogP contribution in [0.1, 0.15) is 26.2 Å². The number of nitrogens with one attached hydrogen (secondary N) is 1. The summed E-state index contributed by atoms with van der Waals surface area (Å²) in [6.07, 6.45) is 9.96. The molecule has 70 valence electrons. The third-order valence-corrected chi connectivity index (χ3v) is 1.91. The van der Waals surface area contributed by atoms with E-state index in [9.17, 15) is 0 Å². The zero-order chi connectivity index (χ0) is 9.23. The van der Waals surface area contributed by atoms with Crippen LogP contribution < -0.4 is 5.32 Å². The van der Waals surface area contributed by atoms with Crippen LogP contribution in [0.2, 0.25) is 0 Å². The highest BCUT2D eigenvalue weighted by molar-refractivity contribution is 4.99. The van der Waals surface area contributed by atoms with Crippen molar-refractivity contribution in [3.05, 3.63) is 24.8 Å². The van der Waals surface area contributed by atoms with Crippen molar-refractivity contribution in [2.75, 3.05) is 13.6 Å². The maximum absolute atomic E-state index is 3.65. The van der Waals surface area contributed by atoms with Gasteiger partial charge >= 0.3 is 0 Å². The molecule has 1 nitrogen and oxygen atoms in total. The normalized spacial score (nSPS) is 13.5. The standard InChI is InChI=1S/C11H21N/c1-4-5-8-11(2)9-6-7-10-12-3/h4-5,8,11-12H,1,6-7,9-10H2,2-3H3. The fourth-order valence-corrected chi connectivity index (χ4v) is 1.13. The molecular formula is C11H21N. The number of rotatable bonds is 7. The summed E-state index contributed by atoms with van der Waals surface area (Å²) in [6, 6.07) is 0. The molecule has 1 unspecified atom stereocenters. The lowest BCUT2D eigenvalue weighted by atomic mass is 10.0. The molecule has 0 aromatic carbocycles. The van der Waals surface area contributed by atoms with Crippen molar-refractivity contribution in [3.8, 4) is 0 Å². The van der Waals surface area contributed by atoms with Crippen molar-refractivity contribution in [2.24, 2.45) is 5.92 Å². The molecule has 0 bridgehead atoms.